The predicted octanol–water partition coefficient (Wildman–Crippen LogP) is 2.98. The number of aryl methyl sites for hydroxylation is 2. The van der Waals surface area contributed by atoms with E-state index in [0.29, 0.717) is 28.8 Å². The molecule has 1 amide bonds. The zero-order valence-corrected chi connectivity index (χ0v) is 16.3. The van der Waals surface area contributed by atoms with Crippen LogP contribution in [0.4, 0.5) is 4.39 Å². The van der Waals surface area contributed by atoms with Crippen LogP contribution in [0.15, 0.2) is 53.3 Å². The number of carbonyl (C=O) groups excluding carboxylic acids is 1. The Morgan fingerprint density at radius 3 is 2.52 bits per heavy atom. The first-order valence-corrected chi connectivity index (χ1v) is 9.49. The molecule has 0 bridgehead atoms. The Balaban J connectivity index is 1.57. The molecular formula is C22H21FN4O2. The number of hydrogen-bond donors (Lipinski definition) is 1. The van der Waals surface area contributed by atoms with E-state index in [1.165, 1.54) is 17.7 Å². The van der Waals surface area contributed by atoms with Crippen molar-refractivity contribution in [1.29, 1.82) is 0 Å². The van der Waals surface area contributed by atoms with Crippen molar-refractivity contribution in [2.24, 2.45) is 0 Å². The number of halogens is 1. The number of benzene rings is 2. The Hall–Kier alpha value is -3.48. The molecule has 1 N–H and O–H groups in total. The van der Waals surface area contributed by atoms with Gasteiger partial charge in [-0.1, -0.05) is 31.2 Å². The highest BCUT2D eigenvalue weighted by molar-refractivity contribution is 5.87. The molecule has 0 atom stereocenters. The first-order valence-electron chi connectivity index (χ1n) is 9.49. The summed E-state index contributed by atoms with van der Waals surface area (Å²) in [6.07, 6.45) is 0.963. The molecule has 0 aliphatic rings. The second-order valence-corrected chi connectivity index (χ2v) is 7.02. The van der Waals surface area contributed by atoms with Crippen LogP contribution in [-0.2, 0) is 24.3 Å². The molecule has 148 valence electrons. The van der Waals surface area contributed by atoms with Crippen molar-refractivity contribution in [1.82, 2.24) is 19.5 Å². The van der Waals surface area contributed by atoms with Crippen molar-refractivity contribution in [2.45, 2.75) is 33.4 Å². The van der Waals surface area contributed by atoms with Crippen molar-refractivity contribution in [3.05, 3.63) is 81.7 Å². The zero-order chi connectivity index (χ0) is 20.5. The zero-order valence-electron chi connectivity index (χ0n) is 16.3. The van der Waals surface area contributed by atoms with Crippen LogP contribution in [0.2, 0.25) is 0 Å². The van der Waals surface area contributed by atoms with Gasteiger partial charge in [0, 0.05) is 11.9 Å². The van der Waals surface area contributed by atoms with Crippen LogP contribution < -0.4 is 10.9 Å². The fraction of sp³-hybridized carbons (Fsp3) is 0.227. The van der Waals surface area contributed by atoms with Gasteiger partial charge in [0.15, 0.2) is 0 Å². The van der Waals surface area contributed by atoms with Crippen molar-refractivity contribution >= 4 is 22.3 Å². The Bertz CT molecular complexity index is 1270. The molecule has 0 aliphatic heterocycles. The number of carbonyl (C=O) groups is 1. The number of aromatic nitrogens is 3. The first-order chi connectivity index (χ1) is 14.0. The predicted molar refractivity (Wildman–Crippen MR) is 109 cm³/mol. The van der Waals surface area contributed by atoms with Gasteiger partial charge >= 0.3 is 0 Å². The number of hydrogen-bond acceptors (Lipinski definition) is 3. The minimum absolute atomic E-state index is 0.181. The highest BCUT2D eigenvalue weighted by Gasteiger charge is 2.14. The lowest BCUT2D eigenvalue weighted by molar-refractivity contribution is -0.122. The average Bonchev–Trinajstić information content (AvgIpc) is 3.10. The summed E-state index contributed by atoms with van der Waals surface area (Å²) in [6, 6.07) is 14.0. The second-order valence-electron chi connectivity index (χ2n) is 7.02. The van der Waals surface area contributed by atoms with Gasteiger partial charge in [0.05, 0.1) is 5.52 Å². The van der Waals surface area contributed by atoms with Crippen molar-refractivity contribution in [3.63, 3.8) is 0 Å². The summed E-state index contributed by atoms with van der Waals surface area (Å²) < 4.78 is 16.4. The summed E-state index contributed by atoms with van der Waals surface area (Å²) in [5.41, 5.74) is 2.90. The number of fused-ring (bicyclic) bond motifs is 3. The Kier molecular flexibility index (Phi) is 4.88. The van der Waals surface area contributed by atoms with Gasteiger partial charge < -0.3 is 5.32 Å². The van der Waals surface area contributed by atoms with Crippen LogP contribution >= 0.6 is 0 Å². The minimum atomic E-state index is -0.394. The highest BCUT2D eigenvalue weighted by atomic mass is 19.1. The van der Waals surface area contributed by atoms with Crippen molar-refractivity contribution in [2.75, 3.05) is 0 Å². The van der Waals surface area contributed by atoms with Gasteiger partial charge in [-0.2, -0.15) is 5.10 Å². The number of amides is 1. The quantitative estimate of drug-likeness (QED) is 0.568. The fourth-order valence-electron chi connectivity index (χ4n) is 3.48. The molecule has 0 saturated carbocycles. The van der Waals surface area contributed by atoms with E-state index in [9.17, 15) is 14.0 Å². The summed E-state index contributed by atoms with van der Waals surface area (Å²) in [5, 5.41) is 7.71. The van der Waals surface area contributed by atoms with Crippen LogP contribution in [0.3, 0.4) is 0 Å². The molecule has 2 heterocycles. The SMILES string of the molecule is CCc1ccc(CNC(=O)Cn2nc(C)n3c(cc4cc(F)ccc43)c2=O)cc1. The second kappa shape index (κ2) is 7.50. The molecule has 0 radical (unpaired) electrons. The van der Waals surface area contributed by atoms with Crippen molar-refractivity contribution in [3.8, 4) is 0 Å². The van der Waals surface area contributed by atoms with Gasteiger partial charge in [-0.15, -0.1) is 0 Å². The lowest BCUT2D eigenvalue weighted by Gasteiger charge is -2.10. The highest BCUT2D eigenvalue weighted by Crippen LogP contribution is 2.20. The molecule has 6 nitrogen and oxygen atoms in total. The van der Waals surface area contributed by atoms with E-state index >= 15 is 0 Å². The van der Waals surface area contributed by atoms with E-state index in [2.05, 4.69) is 17.3 Å². The number of nitrogens with one attached hydrogen (secondary N) is 1. The molecule has 0 unspecified atom stereocenters. The van der Waals surface area contributed by atoms with E-state index in [0.717, 1.165) is 16.7 Å². The molecule has 4 aromatic rings. The topological polar surface area (TPSA) is 68.4 Å². The molecule has 0 aliphatic carbocycles. The Labute approximate surface area is 166 Å². The van der Waals surface area contributed by atoms with E-state index < -0.39 is 5.56 Å². The third-order valence-electron chi connectivity index (χ3n) is 5.02. The van der Waals surface area contributed by atoms with Gasteiger partial charge in [0.1, 0.15) is 23.7 Å². The lowest BCUT2D eigenvalue weighted by atomic mass is 10.1. The fourth-order valence-corrected chi connectivity index (χ4v) is 3.48. The molecule has 7 heteroatoms. The molecule has 29 heavy (non-hydrogen) atoms. The van der Waals surface area contributed by atoms with E-state index in [1.807, 2.05) is 24.3 Å². The maximum atomic E-state index is 13.5. The smallest absolute Gasteiger partial charge is 0.291 e. The first kappa shape index (κ1) is 18.9. The standard InChI is InChI=1S/C22H21FN4O2/c1-3-15-4-6-16(7-5-15)12-24-21(28)13-26-22(29)20-11-17-10-18(23)8-9-19(17)27(20)14(2)25-26/h4-11H,3,12-13H2,1-2H3,(H,24,28). The molecule has 4 rings (SSSR count). The average molecular weight is 392 g/mol. The van der Waals surface area contributed by atoms with E-state index in [-0.39, 0.29) is 18.3 Å². The summed E-state index contributed by atoms with van der Waals surface area (Å²) in [6.45, 7) is 4.04. The Morgan fingerprint density at radius 2 is 1.79 bits per heavy atom. The summed E-state index contributed by atoms with van der Waals surface area (Å²) in [7, 11) is 0. The molecular weight excluding hydrogens is 371 g/mol. The largest absolute Gasteiger partial charge is 0.350 e. The lowest BCUT2D eigenvalue weighted by Crippen LogP contribution is -2.34. The van der Waals surface area contributed by atoms with Gasteiger partial charge in [-0.3, -0.25) is 14.0 Å². The molecule has 0 saturated heterocycles. The maximum Gasteiger partial charge on any atom is 0.291 e. The molecule has 0 spiro atoms. The molecule has 2 aromatic carbocycles. The van der Waals surface area contributed by atoms with Crippen LogP contribution in [0, 0.1) is 12.7 Å². The maximum absolute atomic E-state index is 13.5. The normalized spacial score (nSPS) is 11.3. The van der Waals surface area contributed by atoms with Crippen LogP contribution in [0.1, 0.15) is 23.9 Å². The van der Waals surface area contributed by atoms with Gasteiger partial charge in [-0.25, -0.2) is 9.07 Å². The van der Waals surface area contributed by atoms with E-state index in [1.54, 1.807) is 23.5 Å². The minimum Gasteiger partial charge on any atom is -0.350 e. The summed E-state index contributed by atoms with van der Waals surface area (Å²) >= 11 is 0. The number of rotatable bonds is 5. The molecule has 0 fully saturated rings. The third kappa shape index (κ3) is 3.63. The van der Waals surface area contributed by atoms with Crippen LogP contribution in [0.5, 0.6) is 0 Å². The van der Waals surface area contributed by atoms with Crippen molar-refractivity contribution < 1.29 is 9.18 Å². The van der Waals surface area contributed by atoms with Gasteiger partial charge in [0.2, 0.25) is 5.91 Å². The van der Waals surface area contributed by atoms with Gasteiger partial charge in [-0.05, 0) is 48.7 Å². The van der Waals surface area contributed by atoms with Crippen LogP contribution in [0.25, 0.3) is 16.4 Å². The van der Waals surface area contributed by atoms with Crippen LogP contribution in [-0.4, -0.2) is 20.1 Å². The van der Waals surface area contributed by atoms with E-state index in [4.69, 9.17) is 0 Å². The monoisotopic (exact) mass is 392 g/mol. The summed E-state index contributed by atoms with van der Waals surface area (Å²) in [5.74, 6) is -0.125. The molecule has 2 aromatic heterocycles. The number of nitrogens with zero attached hydrogens (tertiary/aromatic N) is 3. The Morgan fingerprint density at radius 1 is 1.07 bits per heavy atom. The summed E-state index contributed by atoms with van der Waals surface area (Å²) in [4.78, 5) is 25.2. The third-order valence-corrected chi connectivity index (χ3v) is 5.02. The van der Waals surface area contributed by atoms with Gasteiger partial charge in [0.25, 0.3) is 5.56 Å².